The number of benzene rings is 3. The topological polar surface area (TPSA) is 128 Å². The number of piperidine rings is 2. The Kier molecular flexibility index (Phi) is 8.83. The van der Waals surface area contributed by atoms with Crippen LogP contribution in [0.15, 0.2) is 73.1 Å². The van der Waals surface area contributed by atoms with Gasteiger partial charge < -0.3 is 24.5 Å². The molecule has 0 bridgehead atoms. The molecule has 0 radical (unpaired) electrons. The van der Waals surface area contributed by atoms with Crippen molar-refractivity contribution in [2.45, 2.75) is 94.0 Å². The Hall–Kier alpha value is -5.29. The van der Waals surface area contributed by atoms with Crippen molar-refractivity contribution >= 4 is 23.7 Å². The smallest absolute Gasteiger partial charge is 0.255 e. The SMILES string of the molecule is O=C1CC[C@H](N2Cc3c(ccc4c3OCC43CCN(CC4CCC5(CC4)CN(c4ncc([C@@H]6c7ccc(O)cc7CC[C@@H]6c6ccccc6)cn4)C5)CC3)C2=O)C(=O)N1. The maximum Gasteiger partial charge on any atom is 0.255 e. The minimum Gasteiger partial charge on any atom is -0.508 e. The number of aryl methyl sites for hydroxylation is 1. The number of nitrogens with zero attached hydrogens (tertiary/aromatic N) is 5. The Labute approximate surface area is 345 Å². The third-order valence-electron chi connectivity index (χ3n) is 15.4. The summed E-state index contributed by atoms with van der Waals surface area (Å²) in [5.74, 6) is 2.40. The van der Waals surface area contributed by atoms with Gasteiger partial charge in [-0.25, -0.2) is 9.97 Å². The summed E-state index contributed by atoms with van der Waals surface area (Å²) in [6, 6.07) is 20.1. The fourth-order valence-electron chi connectivity index (χ4n) is 12.1. The number of rotatable bonds is 6. The van der Waals surface area contributed by atoms with E-state index in [0.717, 1.165) is 87.1 Å². The Morgan fingerprint density at radius 2 is 1.63 bits per heavy atom. The van der Waals surface area contributed by atoms with Gasteiger partial charge in [0.15, 0.2) is 0 Å². The molecule has 11 heteroatoms. The largest absolute Gasteiger partial charge is 0.508 e. The van der Waals surface area contributed by atoms with Crippen LogP contribution in [0.25, 0.3) is 0 Å². The van der Waals surface area contributed by atoms with Crippen LogP contribution in [0.2, 0.25) is 0 Å². The lowest BCUT2D eigenvalue weighted by Gasteiger charge is -2.54. The lowest BCUT2D eigenvalue weighted by molar-refractivity contribution is -0.136. The first-order valence-electron chi connectivity index (χ1n) is 21.8. The van der Waals surface area contributed by atoms with E-state index in [4.69, 9.17) is 14.7 Å². The van der Waals surface area contributed by atoms with Crippen LogP contribution in [0.4, 0.5) is 5.95 Å². The van der Waals surface area contributed by atoms with Crippen molar-refractivity contribution in [1.29, 1.82) is 0 Å². The molecule has 3 atom stereocenters. The quantitative estimate of drug-likeness (QED) is 0.219. The minimum absolute atomic E-state index is 0.0350. The number of imide groups is 1. The summed E-state index contributed by atoms with van der Waals surface area (Å²) >= 11 is 0. The number of amides is 3. The maximum absolute atomic E-state index is 13.4. The zero-order chi connectivity index (χ0) is 39.9. The number of fused-ring (bicyclic) bond motifs is 5. The van der Waals surface area contributed by atoms with Gasteiger partial charge in [0.2, 0.25) is 17.8 Å². The normalized spacial score (nSPS) is 26.0. The van der Waals surface area contributed by atoms with Gasteiger partial charge in [0.1, 0.15) is 17.5 Å². The number of carbonyl (C=O) groups excluding carboxylic acids is 3. The van der Waals surface area contributed by atoms with E-state index in [1.165, 1.54) is 47.9 Å². The van der Waals surface area contributed by atoms with Crippen LogP contribution in [0.3, 0.4) is 0 Å². The third-order valence-corrected chi connectivity index (χ3v) is 15.4. The minimum atomic E-state index is -0.621. The van der Waals surface area contributed by atoms with E-state index in [1.54, 1.807) is 4.90 Å². The molecule has 7 aliphatic rings. The van der Waals surface area contributed by atoms with Crippen molar-refractivity contribution in [1.82, 2.24) is 25.1 Å². The molecule has 4 fully saturated rings. The second-order valence-electron chi connectivity index (χ2n) is 18.8. The molecular weight excluding hydrogens is 741 g/mol. The van der Waals surface area contributed by atoms with Crippen LogP contribution >= 0.6 is 0 Å². The van der Waals surface area contributed by atoms with Crippen LogP contribution < -0.4 is 15.0 Å². The molecule has 11 rings (SSSR count). The fourth-order valence-corrected chi connectivity index (χ4v) is 12.1. The molecule has 304 valence electrons. The predicted octanol–water partition coefficient (Wildman–Crippen LogP) is 6.23. The van der Waals surface area contributed by atoms with E-state index in [0.29, 0.717) is 42.2 Å². The van der Waals surface area contributed by atoms with Gasteiger partial charge >= 0.3 is 0 Å². The number of carbonyl (C=O) groups is 3. The molecule has 2 N–H and O–H groups in total. The molecule has 6 heterocycles. The molecule has 2 spiro atoms. The summed E-state index contributed by atoms with van der Waals surface area (Å²) in [6.45, 7) is 6.30. The number of hydrogen-bond acceptors (Lipinski definition) is 9. The molecule has 2 aliphatic carbocycles. The van der Waals surface area contributed by atoms with Gasteiger partial charge in [0.25, 0.3) is 5.91 Å². The van der Waals surface area contributed by atoms with Gasteiger partial charge in [-0.3, -0.25) is 19.7 Å². The van der Waals surface area contributed by atoms with Crippen LogP contribution in [0.1, 0.15) is 113 Å². The summed E-state index contributed by atoms with van der Waals surface area (Å²) < 4.78 is 6.43. The molecule has 11 nitrogen and oxygen atoms in total. The summed E-state index contributed by atoms with van der Waals surface area (Å²) in [4.78, 5) is 54.3. The monoisotopic (exact) mass is 792 g/mol. The molecule has 1 saturated carbocycles. The van der Waals surface area contributed by atoms with Crippen molar-refractivity contribution in [3.8, 4) is 11.5 Å². The molecule has 1 aromatic heterocycles. The summed E-state index contributed by atoms with van der Waals surface area (Å²) in [6.07, 6.45) is 13.8. The van der Waals surface area contributed by atoms with E-state index in [2.05, 4.69) is 70.0 Å². The second-order valence-corrected chi connectivity index (χ2v) is 18.8. The number of phenolic OH excluding ortho intramolecular Hbond substituents is 1. The van der Waals surface area contributed by atoms with Crippen LogP contribution in [0, 0.1) is 11.3 Å². The van der Waals surface area contributed by atoms with Gasteiger partial charge in [-0.05, 0) is 123 Å². The van der Waals surface area contributed by atoms with Gasteiger partial charge in [0, 0.05) is 71.9 Å². The highest BCUT2D eigenvalue weighted by atomic mass is 16.5. The van der Waals surface area contributed by atoms with Crippen molar-refractivity contribution < 1.29 is 24.2 Å². The maximum atomic E-state index is 13.4. The molecule has 0 unspecified atom stereocenters. The van der Waals surface area contributed by atoms with E-state index < -0.39 is 6.04 Å². The Morgan fingerprint density at radius 1 is 0.847 bits per heavy atom. The molecule has 3 saturated heterocycles. The standard InChI is InChI=1S/C48H52N6O5/c55-34-7-9-36-32(22-34)6-8-35(31-4-2-1-3-5-31)42(36)33-23-49-46(50-24-33)53-27-47(28-53)16-14-30(15-17-47)25-52-20-18-48(19-21-52)29-59-43-38-26-54(40-12-13-41(56)51-44(40)57)45(58)37(38)10-11-39(43)48/h1-5,7,9-11,22-24,30,35,40,42,55H,6,8,12-21,25-29H2,(H,51,56,57)/t35-,40+,42+/m1/s1. The number of anilines is 1. The molecule has 3 amide bonds. The number of aromatic nitrogens is 2. The lowest BCUT2D eigenvalue weighted by Crippen LogP contribution is -2.58. The summed E-state index contributed by atoms with van der Waals surface area (Å²) in [7, 11) is 0. The second kappa shape index (κ2) is 14.2. The van der Waals surface area contributed by atoms with Crippen LogP contribution in [0.5, 0.6) is 11.5 Å². The van der Waals surface area contributed by atoms with Gasteiger partial charge in [-0.2, -0.15) is 0 Å². The molecule has 4 aromatic rings. The van der Waals surface area contributed by atoms with Crippen molar-refractivity contribution in [3.63, 3.8) is 0 Å². The number of ether oxygens (including phenoxy) is 1. The van der Waals surface area contributed by atoms with Crippen molar-refractivity contribution in [3.05, 3.63) is 112 Å². The lowest BCUT2D eigenvalue weighted by atomic mass is 9.65. The van der Waals surface area contributed by atoms with Gasteiger partial charge in [-0.1, -0.05) is 42.5 Å². The number of likely N-dealkylation sites (tertiary alicyclic amines) is 1. The Balaban J connectivity index is 0.685. The third kappa shape index (κ3) is 6.30. The van der Waals surface area contributed by atoms with Crippen LogP contribution in [-0.2, 0) is 28.0 Å². The van der Waals surface area contributed by atoms with E-state index in [-0.39, 0.29) is 35.5 Å². The van der Waals surface area contributed by atoms with E-state index >= 15 is 0 Å². The zero-order valence-corrected chi connectivity index (χ0v) is 33.6. The zero-order valence-electron chi connectivity index (χ0n) is 33.6. The number of phenols is 1. The predicted molar refractivity (Wildman–Crippen MR) is 221 cm³/mol. The Bertz CT molecular complexity index is 2310. The molecular formula is C48H52N6O5. The molecule has 5 aliphatic heterocycles. The Morgan fingerprint density at radius 3 is 2.39 bits per heavy atom. The summed E-state index contributed by atoms with van der Waals surface area (Å²) in [5, 5.41) is 12.6. The van der Waals surface area contributed by atoms with Gasteiger partial charge in [-0.15, -0.1) is 0 Å². The van der Waals surface area contributed by atoms with Crippen molar-refractivity contribution in [2.24, 2.45) is 11.3 Å². The average molecular weight is 793 g/mol. The fraction of sp³-hybridized carbons (Fsp3) is 0.479. The number of nitrogens with one attached hydrogen (secondary N) is 1. The molecule has 59 heavy (non-hydrogen) atoms. The number of hydrogen-bond donors (Lipinski definition) is 2. The van der Waals surface area contributed by atoms with Gasteiger partial charge in [0.05, 0.1) is 13.2 Å². The first kappa shape index (κ1) is 36.8. The van der Waals surface area contributed by atoms with E-state index in [9.17, 15) is 19.5 Å². The first-order chi connectivity index (χ1) is 28.7. The average Bonchev–Trinajstić information content (AvgIpc) is 3.78. The first-order valence-corrected chi connectivity index (χ1v) is 21.8. The highest BCUT2D eigenvalue weighted by molar-refractivity contribution is 6.05. The summed E-state index contributed by atoms with van der Waals surface area (Å²) in [5.41, 5.74) is 8.04. The van der Waals surface area contributed by atoms with Crippen molar-refractivity contribution in [2.75, 3.05) is 44.2 Å². The molecule has 3 aromatic carbocycles. The van der Waals surface area contributed by atoms with E-state index in [1.807, 2.05) is 18.2 Å². The highest BCUT2D eigenvalue weighted by Gasteiger charge is 2.49. The van der Waals surface area contributed by atoms with Crippen LogP contribution in [-0.4, -0.2) is 88.0 Å². The number of aromatic hydroxyl groups is 1. The highest BCUT2D eigenvalue weighted by Crippen LogP contribution is 2.51.